The number of rotatable bonds is 5. The Balaban J connectivity index is 2.18. The zero-order chi connectivity index (χ0) is 13.8. The Hall–Kier alpha value is -1.06. The van der Waals surface area contributed by atoms with Gasteiger partial charge in [0.25, 0.3) is 0 Å². The summed E-state index contributed by atoms with van der Waals surface area (Å²) in [6.45, 7) is 7.39. The number of hydrogen-bond donors (Lipinski definition) is 1. The molecule has 0 saturated heterocycles. The van der Waals surface area contributed by atoms with Gasteiger partial charge in [-0.1, -0.05) is 28.9 Å². The molecule has 2 rings (SSSR count). The zero-order valence-electron chi connectivity index (χ0n) is 11.7. The van der Waals surface area contributed by atoms with Crippen molar-refractivity contribution in [2.75, 3.05) is 6.54 Å². The van der Waals surface area contributed by atoms with Gasteiger partial charge < -0.3 is 9.73 Å². The third-order valence-corrected chi connectivity index (χ3v) is 4.09. The molecule has 0 aliphatic carbocycles. The summed E-state index contributed by atoms with van der Waals surface area (Å²) in [6, 6.07) is 10.6. The predicted molar refractivity (Wildman–Crippen MR) is 83.3 cm³/mol. The summed E-state index contributed by atoms with van der Waals surface area (Å²) >= 11 is 3.52. The van der Waals surface area contributed by atoms with E-state index in [-0.39, 0.29) is 6.04 Å². The maximum absolute atomic E-state index is 5.95. The Kier molecular flexibility index (Phi) is 4.83. The molecule has 0 radical (unpaired) electrons. The normalized spacial score (nSPS) is 12.6. The number of furan rings is 1. The highest BCUT2D eigenvalue weighted by molar-refractivity contribution is 9.10. The average Bonchev–Trinajstić information content (AvgIpc) is 2.89. The molecule has 102 valence electrons. The summed E-state index contributed by atoms with van der Waals surface area (Å²) in [5.74, 6) is 1.92. The van der Waals surface area contributed by atoms with Crippen molar-refractivity contribution < 1.29 is 4.42 Å². The SMILES string of the molecule is CCCNC(C)c1ccc(-c2ccc(Br)c(C)c2)o1. The topological polar surface area (TPSA) is 25.2 Å². The minimum absolute atomic E-state index is 0.255. The van der Waals surface area contributed by atoms with E-state index in [1.54, 1.807) is 0 Å². The van der Waals surface area contributed by atoms with Gasteiger partial charge in [-0.15, -0.1) is 0 Å². The van der Waals surface area contributed by atoms with E-state index in [9.17, 15) is 0 Å². The van der Waals surface area contributed by atoms with E-state index < -0.39 is 0 Å². The minimum Gasteiger partial charge on any atom is -0.459 e. The molecule has 0 bridgehead atoms. The molecule has 0 fully saturated rings. The van der Waals surface area contributed by atoms with Crippen LogP contribution in [0.1, 0.15) is 37.6 Å². The maximum Gasteiger partial charge on any atom is 0.134 e. The minimum atomic E-state index is 0.255. The third-order valence-electron chi connectivity index (χ3n) is 3.20. The van der Waals surface area contributed by atoms with Crippen LogP contribution in [0, 0.1) is 6.92 Å². The van der Waals surface area contributed by atoms with Crippen molar-refractivity contribution in [2.24, 2.45) is 0 Å². The Labute approximate surface area is 123 Å². The number of halogens is 1. The summed E-state index contributed by atoms with van der Waals surface area (Å²) in [5.41, 5.74) is 2.34. The lowest BCUT2D eigenvalue weighted by Crippen LogP contribution is -2.18. The molecule has 1 aromatic heterocycles. The second kappa shape index (κ2) is 6.40. The number of nitrogens with one attached hydrogen (secondary N) is 1. The molecule has 1 N–H and O–H groups in total. The van der Waals surface area contributed by atoms with Crippen LogP contribution in [0.3, 0.4) is 0 Å². The van der Waals surface area contributed by atoms with Gasteiger partial charge in [-0.2, -0.15) is 0 Å². The highest BCUT2D eigenvalue weighted by atomic mass is 79.9. The fraction of sp³-hybridized carbons (Fsp3) is 0.375. The summed E-state index contributed by atoms with van der Waals surface area (Å²) in [5, 5.41) is 3.43. The molecule has 1 unspecified atom stereocenters. The molecule has 3 heteroatoms. The molecule has 1 aromatic carbocycles. The van der Waals surface area contributed by atoms with Crippen molar-refractivity contribution in [3.63, 3.8) is 0 Å². The van der Waals surface area contributed by atoms with Crippen LogP contribution in [0.25, 0.3) is 11.3 Å². The van der Waals surface area contributed by atoms with Crippen LogP contribution in [-0.4, -0.2) is 6.54 Å². The quantitative estimate of drug-likeness (QED) is 0.830. The monoisotopic (exact) mass is 321 g/mol. The first-order chi connectivity index (χ1) is 9.11. The van der Waals surface area contributed by atoms with E-state index in [4.69, 9.17) is 4.42 Å². The van der Waals surface area contributed by atoms with Crippen LogP contribution in [0.15, 0.2) is 39.2 Å². The molecule has 0 saturated carbocycles. The standard InChI is InChI=1S/C16H20BrNO/c1-4-9-18-12(3)15-7-8-16(19-15)13-5-6-14(17)11(2)10-13/h5-8,10,12,18H,4,9H2,1-3H3. The molecule has 0 aliphatic heterocycles. The zero-order valence-corrected chi connectivity index (χ0v) is 13.3. The third kappa shape index (κ3) is 3.48. The van der Waals surface area contributed by atoms with E-state index in [2.05, 4.69) is 66.3 Å². The maximum atomic E-state index is 5.95. The van der Waals surface area contributed by atoms with E-state index in [0.717, 1.165) is 34.5 Å². The van der Waals surface area contributed by atoms with Crippen molar-refractivity contribution in [3.8, 4) is 11.3 Å². The van der Waals surface area contributed by atoms with E-state index in [1.165, 1.54) is 5.56 Å². The molecule has 0 aliphatic rings. The van der Waals surface area contributed by atoms with E-state index in [1.807, 2.05) is 6.07 Å². The molecule has 19 heavy (non-hydrogen) atoms. The second-order valence-electron chi connectivity index (χ2n) is 4.84. The van der Waals surface area contributed by atoms with Gasteiger partial charge in [-0.05, 0) is 56.6 Å². The van der Waals surface area contributed by atoms with Crippen molar-refractivity contribution in [1.29, 1.82) is 0 Å². The Morgan fingerprint density at radius 1 is 1.26 bits per heavy atom. The van der Waals surface area contributed by atoms with Gasteiger partial charge in [0.2, 0.25) is 0 Å². The molecule has 0 amide bonds. The van der Waals surface area contributed by atoms with Crippen LogP contribution >= 0.6 is 15.9 Å². The Morgan fingerprint density at radius 2 is 2.05 bits per heavy atom. The van der Waals surface area contributed by atoms with Gasteiger partial charge in [0.1, 0.15) is 11.5 Å². The van der Waals surface area contributed by atoms with Gasteiger partial charge in [-0.3, -0.25) is 0 Å². The van der Waals surface area contributed by atoms with Crippen LogP contribution in [-0.2, 0) is 0 Å². The molecule has 0 spiro atoms. The molecular formula is C16H20BrNO. The van der Waals surface area contributed by atoms with Crippen LogP contribution in [0.2, 0.25) is 0 Å². The highest BCUT2D eigenvalue weighted by Crippen LogP contribution is 2.28. The van der Waals surface area contributed by atoms with Gasteiger partial charge in [0.15, 0.2) is 0 Å². The number of aryl methyl sites for hydroxylation is 1. The fourth-order valence-electron chi connectivity index (χ4n) is 2.00. The van der Waals surface area contributed by atoms with Crippen LogP contribution in [0.4, 0.5) is 0 Å². The smallest absolute Gasteiger partial charge is 0.134 e. The van der Waals surface area contributed by atoms with E-state index in [0.29, 0.717) is 0 Å². The summed E-state index contributed by atoms with van der Waals surface area (Å²) < 4.78 is 7.07. The molecule has 1 heterocycles. The van der Waals surface area contributed by atoms with Crippen LogP contribution < -0.4 is 5.32 Å². The first-order valence-electron chi connectivity index (χ1n) is 6.71. The predicted octanol–water partition coefficient (Wildman–Crippen LogP) is 5.08. The second-order valence-corrected chi connectivity index (χ2v) is 5.70. The molecule has 1 atom stereocenters. The summed E-state index contributed by atoms with van der Waals surface area (Å²) in [4.78, 5) is 0. The first-order valence-corrected chi connectivity index (χ1v) is 7.50. The largest absolute Gasteiger partial charge is 0.459 e. The van der Waals surface area contributed by atoms with Crippen molar-refractivity contribution in [1.82, 2.24) is 5.32 Å². The summed E-state index contributed by atoms with van der Waals surface area (Å²) in [7, 11) is 0. The van der Waals surface area contributed by atoms with Gasteiger partial charge in [0, 0.05) is 10.0 Å². The van der Waals surface area contributed by atoms with Crippen molar-refractivity contribution in [3.05, 3.63) is 46.1 Å². The molecular weight excluding hydrogens is 302 g/mol. The van der Waals surface area contributed by atoms with Gasteiger partial charge in [-0.25, -0.2) is 0 Å². The Morgan fingerprint density at radius 3 is 2.74 bits per heavy atom. The average molecular weight is 322 g/mol. The van der Waals surface area contributed by atoms with Gasteiger partial charge in [0.05, 0.1) is 6.04 Å². The van der Waals surface area contributed by atoms with E-state index >= 15 is 0 Å². The van der Waals surface area contributed by atoms with Crippen molar-refractivity contribution >= 4 is 15.9 Å². The number of benzene rings is 1. The lowest BCUT2D eigenvalue weighted by Gasteiger charge is -2.10. The Bertz CT molecular complexity index is 547. The fourth-order valence-corrected chi connectivity index (χ4v) is 2.25. The van der Waals surface area contributed by atoms with Gasteiger partial charge >= 0.3 is 0 Å². The molecule has 2 nitrogen and oxygen atoms in total. The lowest BCUT2D eigenvalue weighted by molar-refractivity contribution is 0.439. The summed E-state index contributed by atoms with van der Waals surface area (Å²) in [6.07, 6.45) is 1.13. The lowest BCUT2D eigenvalue weighted by atomic mass is 10.1. The molecule has 2 aromatic rings. The highest BCUT2D eigenvalue weighted by Gasteiger charge is 2.11. The van der Waals surface area contributed by atoms with Crippen LogP contribution in [0.5, 0.6) is 0 Å². The first kappa shape index (κ1) is 14.4. The van der Waals surface area contributed by atoms with Crippen molar-refractivity contribution in [2.45, 2.75) is 33.2 Å². The number of hydrogen-bond acceptors (Lipinski definition) is 2.